The maximum atomic E-state index is 11.0. The lowest BCUT2D eigenvalue weighted by Gasteiger charge is -2.14. The molecular formula is C17H17ClN2O2. The fourth-order valence-corrected chi connectivity index (χ4v) is 2.25. The number of rotatable bonds is 6. The molecule has 0 aromatic heterocycles. The van der Waals surface area contributed by atoms with E-state index in [4.69, 9.17) is 11.6 Å². The van der Waals surface area contributed by atoms with E-state index in [-0.39, 0.29) is 10.6 Å². The second-order valence-electron chi connectivity index (χ2n) is 5.04. The molecule has 0 aliphatic heterocycles. The van der Waals surface area contributed by atoms with Crippen molar-refractivity contribution in [2.75, 3.05) is 13.6 Å². The number of nitro benzene ring substituents is 1. The quantitative estimate of drug-likeness (QED) is 0.586. The van der Waals surface area contributed by atoms with Crippen molar-refractivity contribution in [2.45, 2.75) is 6.54 Å². The van der Waals surface area contributed by atoms with Gasteiger partial charge in [-0.2, -0.15) is 0 Å². The Labute approximate surface area is 134 Å². The van der Waals surface area contributed by atoms with Gasteiger partial charge in [-0.3, -0.25) is 15.0 Å². The molecule has 0 spiro atoms. The van der Waals surface area contributed by atoms with Crippen molar-refractivity contribution in [1.82, 2.24) is 4.90 Å². The summed E-state index contributed by atoms with van der Waals surface area (Å²) in [5.74, 6) is 0. The highest BCUT2D eigenvalue weighted by Crippen LogP contribution is 2.19. The van der Waals surface area contributed by atoms with Crippen LogP contribution in [0.4, 0.5) is 5.69 Å². The second kappa shape index (κ2) is 7.73. The fraction of sp³-hybridized carbons (Fsp3) is 0.176. The normalized spacial score (nSPS) is 11.2. The molecule has 22 heavy (non-hydrogen) atoms. The summed E-state index contributed by atoms with van der Waals surface area (Å²) in [4.78, 5) is 12.7. The summed E-state index contributed by atoms with van der Waals surface area (Å²) in [5, 5.41) is 11.7. The van der Waals surface area contributed by atoms with Crippen molar-refractivity contribution in [1.29, 1.82) is 0 Å². The second-order valence-corrected chi connectivity index (χ2v) is 5.47. The number of para-hydroxylation sites is 1. The van der Waals surface area contributed by atoms with Crippen LogP contribution in [0.5, 0.6) is 0 Å². The number of nitrogens with zero attached hydrogens (tertiary/aromatic N) is 2. The van der Waals surface area contributed by atoms with Crippen LogP contribution in [0, 0.1) is 10.1 Å². The number of benzene rings is 2. The first-order valence-electron chi connectivity index (χ1n) is 6.89. The third kappa shape index (κ3) is 4.69. The van der Waals surface area contributed by atoms with Crippen molar-refractivity contribution >= 4 is 23.4 Å². The van der Waals surface area contributed by atoms with Gasteiger partial charge in [-0.15, -0.1) is 0 Å². The van der Waals surface area contributed by atoms with Crippen LogP contribution in [0.3, 0.4) is 0 Å². The summed E-state index contributed by atoms with van der Waals surface area (Å²) in [6.07, 6.45) is 4.03. The molecule has 0 heterocycles. The Morgan fingerprint density at radius 3 is 2.55 bits per heavy atom. The maximum absolute atomic E-state index is 11.0. The zero-order valence-corrected chi connectivity index (χ0v) is 13.0. The smallest absolute Gasteiger partial charge is 0.273 e. The lowest BCUT2D eigenvalue weighted by atomic mass is 10.1. The van der Waals surface area contributed by atoms with Gasteiger partial charge in [0.2, 0.25) is 0 Å². The van der Waals surface area contributed by atoms with Crippen LogP contribution in [-0.4, -0.2) is 23.4 Å². The molecular weight excluding hydrogens is 300 g/mol. The van der Waals surface area contributed by atoms with Crippen LogP contribution >= 0.6 is 11.6 Å². The van der Waals surface area contributed by atoms with Crippen LogP contribution < -0.4 is 0 Å². The molecule has 0 fully saturated rings. The van der Waals surface area contributed by atoms with E-state index in [0.717, 1.165) is 11.1 Å². The summed E-state index contributed by atoms with van der Waals surface area (Å²) in [7, 11) is 1.93. The van der Waals surface area contributed by atoms with Gasteiger partial charge in [0.15, 0.2) is 0 Å². The van der Waals surface area contributed by atoms with E-state index in [1.165, 1.54) is 6.07 Å². The summed E-state index contributed by atoms with van der Waals surface area (Å²) in [6.45, 7) is 1.23. The van der Waals surface area contributed by atoms with Crippen LogP contribution in [-0.2, 0) is 6.54 Å². The summed E-state index contributed by atoms with van der Waals surface area (Å²) < 4.78 is 0. The van der Waals surface area contributed by atoms with Crippen LogP contribution in [0.2, 0.25) is 5.02 Å². The van der Waals surface area contributed by atoms with Crippen LogP contribution in [0.15, 0.2) is 54.6 Å². The Kier molecular flexibility index (Phi) is 5.69. The van der Waals surface area contributed by atoms with Gasteiger partial charge in [-0.1, -0.05) is 54.1 Å². The minimum atomic E-state index is -0.341. The first-order chi connectivity index (χ1) is 10.6. The molecule has 0 unspecified atom stereocenters. The third-order valence-corrected chi connectivity index (χ3v) is 3.48. The molecule has 2 aromatic carbocycles. The van der Waals surface area contributed by atoms with E-state index < -0.39 is 0 Å². The van der Waals surface area contributed by atoms with Crippen molar-refractivity contribution in [3.05, 3.63) is 80.9 Å². The van der Waals surface area contributed by atoms with Gasteiger partial charge < -0.3 is 0 Å². The third-order valence-electron chi connectivity index (χ3n) is 3.23. The van der Waals surface area contributed by atoms with Gasteiger partial charge >= 0.3 is 0 Å². The van der Waals surface area contributed by atoms with E-state index in [1.807, 2.05) is 54.4 Å². The lowest BCUT2D eigenvalue weighted by molar-refractivity contribution is -0.385. The van der Waals surface area contributed by atoms with Crippen LogP contribution in [0.1, 0.15) is 11.1 Å². The van der Waals surface area contributed by atoms with E-state index in [9.17, 15) is 10.1 Å². The van der Waals surface area contributed by atoms with Gasteiger partial charge in [-0.25, -0.2) is 0 Å². The highest BCUT2D eigenvalue weighted by atomic mass is 35.5. The molecule has 0 radical (unpaired) electrons. The molecule has 4 nitrogen and oxygen atoms in total. The Morgan fingerprint density at radius 2 is 1.86 bits per heavy atom. The topological polar surface area (TPSA) is 46.4 Å². The largest absolute Gasteiger partial charge is 0.298 e. The molecule has 0 bridgehead atoms. The molecule has 0 saturated carbocycles. The van der Waals surface area contributed by atoms with Crippen molar-refractivity contribution in [3.63, 3.8) is 0 Å². The average Bonchev–Trinajstić information content (AvgIpc) is 2.49. The predicted octanol–water partition coefficient (Wildman–Crippen LogP) is 4.39. The summed E-state index contributed by atoms with van der Waals surface area (Å²) >= 11 is 5.84. The summed E-state index contributed by atoms with van der Waals surface area (Å²) in [5.41, 5.74) is 1.95. The maximum Gasteiger partial charge on any atom is 0.273 e. The van der Waals surface area contributed by atoms with Gasteiger partial charge in [0.05, 0.1) is 4.92 Å². The molecule has 0 saturated heterocycles. The van der Waals surface area contributed by atoms with Crippen molar-refractivity contribution < 1.29 is 4.92 Å². The molecule has 114 valence electrons. The Morgan fingerprint density at radius 1 is 1.18 bits per heavy atom. The number of nitro groups is 1. The standard InChI is InChI=1S/C17H17ClN2O2/c1-19(12-4-5-14-8-10-16(18)11-9-14)13-15-6-2-3-7-17(15)20(21)22/h2-11H,12-13H2,1H3/b5-4+. The number of likely N-dealkylation sites (N-methyl/N-ethyl adjacent to an activating group) is 1. The lowest BCUT2D eigenvalue weighted by Crippen LogP contribution is -2.18. The highest BCUT2D eigenvalue weighted by molar-refractivity contribution is 6.30. The Hall–Kier alpha value is -2.17. The minimum absolute atomic E-state index is 0.163. The first kappa shape index (κ1) is 16.2. The summed E-state index contributed by atoms with van der Waals surface area (Å²) in [6, 6.07) is 14.4. The SMILES string of the molecule is CN(C/C=C/c1ccc(Cl)cc1)Cc1ccccc1[N+](=O)[O-]. The molecule has 0 N–H and O–H groups in total. The van der Waals surface area contributed by atoms with Crippen LogP contribution in [0.25, 0.3) is 6.08 Å². The monoisotopic (exact) mass is 316 g/mol. The van der Waals surface area contributed by atoms with Gasteiger partial charge in [0.1, 0.15) is 0 Å². The number of hydrogen-bond acceptors (Lipinski definition) is 3. The molecule has 2 aromatic rings. The average molecular weight is 317 g/mol. The number of halogens is 1. The number of hydrogen-bond donors (Lipinski definition) is 0. The Balaban J connectivity index is 1.94. The van der Waals surface area contributed by atoms with E-state index in [0.29, 0.717) is 18.1 Å². The molecule has 0 amide bonds. The minimum Gasteiger partial charge on any atom is -0.298 e. The predicted molar refractivity (Wildman–Crippen MR) is 89.9 cm³/mol. The zero-order valence-electron chi connectivity index (χ0n) is 12.3. The molecule has 0 aliphatic carbocycles. The van der Waals surface area contributed by atoms with Crippen molar-refractivity contribution in [3.8, 4) is 0 Å². The van der Waals surface area contributed by atoms with E-state index in [1.54, 1.807) is 12.1 Å². The van der Waals surface area contributed by atoms with Gasteiger partial charge in [0.25, 0.3) is 5.69 Å². The molecule has 0 aliphatic rings. The highest BCUT2D eigenvalue weighted by Gasteiger charge is 2.13. The fourth-order valence-electron chi connectivity index (χ4n) is 2.12. The van der Waals surface area contributed by atoms with Crippen molar-refractivity contribution in [2.24, 2.45) is 0 Å². The first-order valence-corrected chi connectivity index (χ1v) is 7.27. The molecule has 5 heteroatoms. The van der Waals surface area contributed by atoms with E-state index in [2.05, 4.69) is 0 Å². The Bertz CT molecular complexity index is 669. The zero-order chi connectivity index (χ0) is 15.9. The van der Waals surface area contributed by atoms with Gasteiger partial charge in [0, 0.05) is 29.7 Å². The molecule has 0 atom stereocenters. The molecule has 2 rings (SSSR count). The van der Waals surface area contributed by atoms with Gasteiger partial charge in [-0.05, 0) is 24.7 Å². The van der Waals surface area contributed by atoms with E-state index >= 15 is 0 Å².